The van der Waals surface area contributed by atoms with Crippen LogP contribution < -0.4 is 10.6 Å². The standard InChI is InChI=1S/C15H18N2O4/c1-15(2)20-8-11(21-15)7-16-14(19)9-3-4-12-10(5-9)6-13(18)17-12/h3-5,11H,6-8H2,1-2H3,(H,16,19)(H,17,18). The van der Waals surface area contributed by atoms with Gasteiger partial charge in [0.1, 0.15) is 6.10 Å². The first-order valence-electron chi connectivity index (χ1n) is 6.96. The molecule has 6 heteroatoms. The second-order valence-corrected chi connectivity index (χ2v) is 5.76. The number of fused-ring (bicyclic) bond motifs is 1. The van der Waals surface area contributed by atoms with Gasteiger partial charge in [-0.3, -0.25) is 9.59 Å². The predicted molar refractivity (Wildman–Crippen MR) is 76.0 cm³/mol. The van der Waals surface area contributed by atoms with Gasteiger partial charge in [-0.15, -0.1) is 0 Å². The first-order valence-corrected chi connectivity index (χ1v) is 6.96. The van der Waals surface area contributed by atoms with Crippen LogP contribution in [0.25, 0.3) is 0 Å². The summed E-state index contributed by atoms with van der Waals surface area (Å²) in [7, 11) is 0. The summed E-state index contributed by atoms with van der Waals surface area (Å²) in [5.74, 6) is -0.804. The molecular weight excluding hydrogens is 272 g/mol. The minimum atomic E-state index is -0.588. The molecule has 6 nitrogen and oxygen atoms in total. The molecule has 2 amide bonds. The summed E-state index contributed by atoms with van der Waals surface area (Å²) in [6.45, 7) is 4.56. The van der Waals surface area contributed by atoms with Crippen LogP contribution in [0.1, 0.15) is 29.8 Å². The Hall–Kier alpha value is -1.92. The zero-order valence-electron chi connectivity index (χ0n) is 12.1. The van der Waals surface area contributed by atoms with Crippen molar-refractivity contribution in [3.63, 3.8) is 0 Å². The van der Waals surface area contributed by atoms with Crippen molar-refractivity contribution in [2.75, 3.05) is 18.5 Å². The van der Waals surface area contributed by atoms with Crippen LogP contribution in [0.15, 0.2) is 18.2 Å². The monoisotopic (exact) mass is 290 g/mol. The number of carbonyl (C=O) groups excluding carboxylic acids is 2. The maximum absolute atomic E-state index is 12.1. The fourth-order valence-electron chi connectivity index (χ4n) is 2.54. The lowest BCUT2D eigenvalue weighted by Crippen LogP contribution is -2.34. The molecule has 0 radical (unpaired) electrons. The summed E-state index contributed by atoms with van der Waals surface area (Å²) >= 11 is 0. The first kappa shape index (κ1) is 14.0. The van der Waals surface area contributed by atoms with E-state index < -0.39 is 5.79 Å². The summed E-state index contributed by atoms with van der Waals surface area (Å²) in [6, 6.07) is 5.21. The highest BCUT2D eigenvalue weighted by Crippen LogP contribution is 2.24. The van der Waals surface area contributed by atoms with Crippen LogP contribution in [0.2, 0.25) is 0 Å². The smallest absolute Gasteiger partial charge is 0.251 e. The Balaban J connectivity index is 1.59. The first-order chi connectivity index (χ1) is 9.93. The number of nitrogens with one attached hydrogen (secondary N) is 2. The maximum atomic E-state index is 12.1. The van der Waals surface area contributed by atoms with Crippen molar-refractivity contribution in [1.82, 2.24) is 5.32 Å². The van der Waals surface area contributed by atoms with Gasteiger partial charge < -0.3 is 20.1 Å². The van der Waals surface area contributed by atoms with Gasteiger partial charge in [0.05, 0.1) is 13.0 Å². The zero-order chi connectivity index (χ0) is 15.0. The Bertz CT molecular complexity index is 597. The zero-order valence-corrected chi connectivity index (χ0v) is 12.1. The van der Waals surface area contributed by atoms with Crippen LogP contribution in [0.3, 0.4) is 0 Å². The van der Waals surface area contributed by atoms with Gasteiger partial charge in [-0.25, -0.2) is 0 Å². The number of hydrogen-bond acceptors (Lipinski definition) is 4. The average molecular weight is 290 g/mol. The number of carbonyl (C=O) groups is 2. The molecular formula is C15H18N2O4. The molecule has 1 aromatic rings. The van der Waals surface area contributed by atoms with Crippen LogP contribution >= 0.6 is 0 Å². The van der Waals surface area contributed by atoms with E-state index in [2.05, 4.69) is 10.6 Å². The van der Waals surface area contributed by atoms with Crippen LogP contribution in [0.5, 0.6) is 0 Å². The van der Waals surface area contributed by atoms with Gasteiger partial charge in [0.15, 0.2) is 5.79 Å². The fourth-order valence-corrected chi connectivity index (χ4v) is 2.54. The average Bonchev–Trinajstić information content (AvgIpc) is 2.96. The van der Waals surface area contributed by atoms with Crippen LogP contribution in [0.4, 0.5) is 5.69 Å². The Morgan fingerprint density at radius 2 is 2.29 bits per heavy atom. The second-order valence-electron chi connectivity index (χ2n) is 5.76. The predicted octanol–water partition coefficient (Wildman–Crippen LogP) is 1.06. The Labute approximate surface area is 122 Å². The minimum absolute atomic E-state index is 0.0405. The van der Waals surface area contributed by atoms with E-state index in [4.69, 9.17) is 9.47 Å². The molecule has 0 spiro atoms. The highest BCUT2D eigenvalue weighted by Gasteiger charge is 2.32. The van der Waals surface area contributed by atoms with E-state index in [0.717, 1.165) is 11.3 Å². The van der Waals surface area contributed by atoms with E-state index in [1.54, 1.807) is 18.2 Å². The Morgan fingerprint density at radius 3 is 3.00 bits per heavy atom. The van der Waals surface area contributed by atoms with E-state index in [0.29, 0.717) is 25.1 Å². The number of ether oxygens (including phenoxy) is 2. The Morgan fingerprint density at radius 1 is 1.48 bits per heavy atom. The molecule has 1 unspecified atom stereocenters. The third-order valence-electron chi connectivity index (χ3n) is 3.55. The van der Waals surface area contributed by atoms with E-state index >= 15 is 0 Å². The van der Waals surface area contributed by atoms with Gasteiger partial charge in [-0.2, -0.15) is 0 Å². The molecule has 1 saturated heterocycles. The van der Waals surface area contributed by atoms with Crippen molar-refractivity contribution in [1.29, 1.82) is 0 Å². The number of benzene rings is 1. The number of amides is 2. The van der Waals surface area contributed by atoms with Crippen LogP contribution in [-0.2, 0) is 20.7 Å². The van der Waals surface area contributed by atoms with Gasteiger partial charge in [-0.05, 0) is 37.6 Å². The third kappa shape index (κ3) is 3.06. The fraction of sp³-hybridized carbons (Fsp3) is 0.467. The molecule has 21 heavy (non-hydrogen) atoms. The largest absolute Gasteiger partial charge is 0.349 e. The minimum Gasteiger partial charge on any atom is -0.349 e. The van der Waals surface area contributed by atoms with Gasteiger partial charge >= 0.3 is 0 Å². The molecule has 0 saturated carbocycles. The van der Waals surface area contributed by atoms with Crippen molar-refractivity contribution in [3.8, 4) is 0 Å². The van der Waals surface area contributed by atoms with Crippen molar-refractivity contribution < 1.29 is 19.1 Å². The SMILES string of the molecule is CC1(C)OCC(CNC(=O)c2ccc3c(c2)CC(=O)N3)O1. The number of anilines is 1. The van der Waals surface area contributed by atoms with Crippen molar-refractivity contribution in [2.24, 2.45) is 0 Å². The van der Waals surface area contributed by atoms with Crippen LogP contribution in [-0.4, -0.2) is 36.9 Å². The normalized spacial score (nSPS) is 22.8. The second kappa shape index (κ2) is 5.13. The van der Waals surface area contributed by atoms with E-state index in [9.17, 15) is 9.59 Å². The van der Waals surface area contributed by atoms with Crippen molar-refractivity contribution in [3.05, 3.63) is 29.3 Å². The summed E-state index contributed by atoms with van der Waals surface area (Å²) in [6.07, 6.45) is 0.186. The van der Waals surface area contributed by atoms with E-state index in [-0.39, 0.29) is 17.9 Å². The molecule has 1 aromatic carbocycles. The lowest BCUT2D eigenvalue weighted by atomic mass is 10.1. The van der Waals surface area contributed by atoms with Gasteiger partial charge in [0.25, 0.3) is 5.91 Å². The maximum Gasteiger partial charge on any atom is 0.251 e. The summed E-state index contributed by atoms with van der Waals surface area (Å²) in [4.78, 5) is 23.4. The summed E-state index contributed by atoms with van der Waals surface area (Å²) in [5.41, 5.74) is 2.18. The molecule has 112 valence electrons. The molecule has 0 bridgehead atoms. The van der Waals surface area contributed by atoms with Crippen molar-refractivity contribution in [2.45, 2.75) is 32.2 Å². The highest BCUT2D eigenvalue weighted by molar-refractivity contribution is 6.01. The molecule has 2 aliphatic rings. The topological polar surface area (TPSA) is 76.7 Å². The molecule has 1 fully saturated rings. The molecule has 1 atom stereocenters. The lowest BCUT2D eigenvalue weighted by Gasteiger charge is -2.17. The quantitative estimate of drug-likeness (QED) is 0.873. The molecule has 2 N–H and O–H groups in total. The number of rotatable bonds is 3. The summed E-state index contributed by atoms with van der Waals surface area (Å²) in [5, 5.41) is 5.57. The van der Waals surface area contributed by atoms with E-state index in [1.807, 2.05) is 13.8 Å². The summed E-state index contributed by atoms with van der Waals surface area (Å²) < 4.78 is 11.1. The van der Waals surface area contributed by atoms with Gasteiger partial charge in [-0.1, -0.05) is 0 Å². The molecule has 0 aromatic heterocycles. The Kier molecular flexibility index (Phi) is 3.43. The molecule has 3 rings (SSSR count). The molecule has 0 aliphatic carbocycles. The lowest BCUT2D eigenvalue weighted by molar-refractivity contribution is -0.137. The molecule has 2 heterocycles. The van der Waals surface area contributed by atoms with Gasteiger partial charge in [0.2, 0.25) is 5.91 Å². The van der Waals surface area contributed by atoms with E-state index in [1.165, 1.54) is 0 Å². The molecule has 2 aliphatic heterocycles. The van der Waals surface area contributed by atoms with Crippen molar-refractivity contribution >= 4 is 17.5 Å². The van der Waals surface area contributed by atoms with Gasteiger partial charge in [0, 0.05) is 17.8 Å². The van der Waals surface area contributed by atoms with Crippen LogP contribution in [0, 0.1) is 0 Å². The number of hydrogen-bond donors (Lipinski definition) is 2. The highest BCUT2D eigenvalue weighted by atomic mass is 16.7. The third-order valence-corrected chi connectivity index (χ3v) is 3.55.